The van der Waals surface area contributed by atoms with Gasteiger partial charge in [-0.25, -0.2) is 10.4 Å². The van der Waals surface area contributed by atoms with Crippen LogP contribution in [0.25, 0.3) is 0 Å². The Labute approximate surface area is 143 Å². The third-order valence-electron chi connectivity index (χ3n) is 3.75. The molecule has 124 valence electrons. The maximum atomic E-state index is 12.7. The highest BCUT2D eigenvalue weighted by atomic mass is 35.5. The summed E-state index contributed by atoms with van der Waals surface area (Å²) in [4.78, 5) is 36.2. The van der Waals surface area contributed by atoms with Crippen molar-refractivity contribution in [2.24, 2.45) is 5.92 Å². The average molecular weight is 359 g/mol. The number of halogens is 2. The summed E-state index contributed by atoms with van der Waals surface area (Å²) in [7, 11) is 0. The Kier molecular flexibility index (Phi) is 5.62. The number of hydrogen-bond acceptors (Lipinski definition) is 4. The van der Waals surface area contributed by atoms with Gasteiger partial charge in [0.2, 0.25) is 5.91 Å². The van der Waals surface area contributed by atoms with Crippen molar-refractivity contribution in [2.45, 2.75) is 32.2 Å². The number of rotatable bonds is 5. The zero-order valence-corrected chi connectivity index (χ0v) is 13.9. The topological polar surface area (TPSA) is 86.7 Å². The number of benzene rings is 1. The lowest BCUT2D eigenvalue weighted by molar-refractivity contribution is -0.144. The number of amides is 2. The molecule has 6 nitrogen and oxygen atoms in total. The average Bonchev–Trinajstić information content (AvgIpc) is 2.41. The van der Waals surface area contributed by atoms with Crippen LogP contribution < -0.4 is 5.43 Å². The Bertz CT molecular complexity index is 626. The SMILES string of the molecule is C[C@H](NN(C(=O)c1c(Cl)cccc1Cl)C(=O)C1CCC1)C(=O)O. The molecule has 8 heteroatoms. The fourth-order valence-corrected chi connectivity index (χ4v) is 2.68. The van der Waals surface area contributed by atoms with Crippen LogP contribution in [0.2, 0.25) is 10.0 Å². The first-order chi connectivity index (χ1) is 10.8. The Morgan fingerprint density at radius 2 is 1.83 bits per heavy atom. The van der Waals surface area contributed by atoms with E-state index in [1.165, 1.54) is 19.1 Å². The first-order valence-electron chi connectivity index (χ1n) is 7.14. The van der Waals surface area contributed by atoms with Crippen LogP contribution in [-0.2, 0) is 9.59 Å². The van der Waals surface area contributed by atoms with Gasteiger partial charge in [-0.3, -0.25) is 14.4 Å². The predicted molar refractivity (Wildman–Crippen MR) is 85.2 cm³/mol. The van der Waals surface area contributed by atoms with Crippen molar-refractivity contribution in [2.75, 3.05) is 0 Å². The van der Waals surface area contributed by atoms with E-state index in [1.807, 2.05) is 0 Å². The summed E-state index contributed by atoms with van der Waals surface area (Å²) in [5.74, 6) is -2.71. The maximum absolute atomic E-state index is 12.7. The van der Waals surface area contributed by atoms with Crippen molar-refractivity contribution in [1.82, 2.24) is 10.4 Å². The smallest absolute Gasteiger partial charge is 0.322 e. The number of hydrazine groups is 1. The molecule has 2 N–H and O–H groups in total. The van der Waals surface area contributed by atoms with Crippen molar-refractivity contribution in [3.8, 4) is 0 Å². The van der Waals surface area contributed by atoms with Gasteiger partial charge in [0.05, 0.1) is 15.6 Å². The Balaban J connectivity index is 2.33. The molecule has 0 aromatic heterocycles. The molecule has 1 aliphatic carbocycles. The summed E-state index contributed by atoms with van der Waals surface area (Å²) in [6, 6.07) is 3.41. The van der Waals surface area contributed by atoms with Crippen molar-refractivity contribution in [1.29, 1.82) is 0 Å². The highest BCUT2D eigenvalue weighted by Crippen LogP contribution is 2.30. The molecular formula is C15H16Cl2N2O4. The van der Waals surface area contributed by atoms with Crippen LogP contribution in [0.5, 0.6) is 0 Å². The first-order valence-corrected chi connectivity index (χ1v) is 7.89. The number of carbonyl (C=O) groups excluding carboxylic acids is 2. The number of aliphatic carboxylic acids is 1. The molecule has 23 heavy (non-hydrogen) atoms. The second-order valence-corrected chi connectivity index (χ2v) is 6.21. The summed E-state index contributed by atoms with van der Waals surface area (Å²) in [5, 5.41) is 9.94. The number of carboxylic acid groups (broad SMARTS) is 1. The minimum absolute atomic E-state index is 0.0337. The van der Waals surface area contributed by atoms with Gasteiger partial charge in [-0.15, -0.1) is 0 Å². The molecule has 1 fully saturated rings. The van der Waals surface area contributed by atoms with Gasteiger partial charge in [0.1, 0.15) is 6.04 Å². The maximum Gasteiger partial charge on any atom is 0.322 e. The van der Waals surface area contributed by atoms with Crippen LogP contribution in [0.3, 0.4) is 0 Å². The van der Waals surface area contributed by atoms with Gasteiger partial charge in [0, 0.05) is 5.92 Å². The molecule has 0 bridgehead atoms. The largest absolute Gasteiger partial charge is 0.480 e. The van der Waals surface area contributed by atoms with Crippen molar-refractivity contribution >= 4 is 41.0 Å². The standard InChI is InChI=1S/C15H16Cl2N2O4/c1-8(15(22)23)18-19(13(20)9-4-2-5-9)14(21)12-10(16)6-3-7-11(12)17/h3,6-9,18H,2,4-5H2,1H3,(H,22,23)/t8-/m0/s1. The first kappa shape index (κ1) is 17.7. The number of nitrogens with zero attached hydrogens (tertiary/aromatic N) is 1. The van der Waals surface area contributed by atoms with E-state index in [-0.39, 0.29) is 21.5 Å². The van der Waals surface area contributed by atoms with Crippen molar-refractivity contribution < 1.29 is 19.5 Å². The molecule has 2 rings (SSSR count). The minimum atomic E-state index is -1.19. The molecule has 1 aromatic rings. The van der Waals surface area contributed by atoms with E-state index in [1.54, 1.807) is 6.07 Å². The molecule has 1 aliphatic rings. The zero-order chi connectivity index (χ0) is 17.1. The van der Waals surface area contributed by atoms with Gasteiger partial charge in [-0.1, -0.05) is 35.7 Å². The zero-order valence-electron chi connectivity index (χ0n) is 12.4. The molecule has 1 atom stereocenters. The summed E-state index contributed by atoms with van der Waals surface area (Å²) in [5.41, 5.74) is 2.40. The van der Waals surface area contributed by atoms with E-state index in [0.29, 0.717) is 12.8 Å². The van der Waals surface area contributed by atoms with E-state index >= 15 is 0 Å². The van der Waals surface area contributed by atoms with Gasteiger partial charge in [0.15, 0.2) is 0 Å². The molecule has 1 saturated carbocycles. The predicted octanol–water partition coefficient (Wildman–Crippen LogP) is 2.74. The molecule has 2 amide bonds. The van der Waals surface area contributed by atoms with Gasteiger partial charge < -0.3 is 5.11 Å². The van der Waals surface area contributed by atoms with Crippen LogP contribution >= 0.6 is 23.2 Å². The summed E-state index contributed by atoms with van der Waals surface area (Å²) in [6.45, 7) is 1.34. The van der Waals surface area contributed by atoms with Crippen molar-refractivity contribution in [3.63, 3.8) is 0 Å². The minimum Gasteiger partial charge on any atom is -0.480 e. The fourth-order valence-electron chi connectivity index (χ4n) is 2.12. The van der Waals surface area contributed by atoms with Crippen LogP contribution in [0, 0.1) is 5.92 Å². The van der Waals surface area contributed by atoms with Crippen LogP contribution in [-0.4, -0.2) is 33.9 Å². The molecule has 0 unspecified atom stereocenters. The highest BCUT2D eigenvalue weighted by molar-refractivity contribution is 6.40. The molecule has 0 heterocycles. The second-order valence-electron chi connectivity index (χ2n) is 5.39. The fraction of sp³-hybridized carbons (Fsp3) is 0.400. The molecule has 0 saturated heterocycles. The van der Waals surface area contributed by atoms with Crippen LogP contribution in [0.15, 0.2) is 18.2 Å². The molecule has 0 spiro atoms. The Hall–Kier alpha value is -1.63. The van der Waals surface area contributed by atoms with E-state index < -0.39 is 23.8 Å². The van der Waals surface area contributed by atoms with E-state index in [4.69, 9.17) is 28.3 Å². The molecule has 1 aromatic carbocycles. The molecule has 0 aliphatic heterocycles. The lowest BCUT2D eigenvalue weighted by Crippen LogP contribution is -2.55. The van der Waals surface area contributed by atoms with Gasteiger partial charge >= 0.3 is 5.97 Å². The Morgan fingerprint density at radius 3 is 2.26 bits per heavy atom. The highest BCUT2D eigenvalue weighted by Gasteiger charge is 2.36. The van der Waals surface area contributed by atoms with E-state index in [2.05, 4.69) is 5.43 Å². The van der Waals surface area contributed by atoms with Crippen molar-refractivity contribution in [3.05, 3.63) is 33.8 Å². The summed E-state index contributed by atoms with van der Waals surface area (Å²) < 4.78 is 0. The van der Waals surface area contributed by atoms with Gasteiger partial charge in [0.25, 0.3) is 5.91 Å². The van der Waals surface area contributed by atoms with E-state index in [9.17, 15) is 14.4 Å². The van der Waals surface area contributed by atoms with Gasteiger partial charge in [-0.05, 0) is 31.9 Å². The van der Waals surface area contributed by atoms with Crippen LogP contribution in [0.1, 0.15) is 36.5 Å². The van der Waals surface area contributed by atoms with E-state index in [0.717, 1.165) is 11.4 Å². The second kappa shape index (κ2) is 7.29. The summed E-state index contributed by atoms with van der Waals surface area (Å²) >= 11 is 12.0. The summed E-state index contributed by atoms with van der Waals surface area (Å²) in [6.07, 6.45) is 2.24. The number of hydrogen-bond donors (Lipinski definition) is 2. The van der Waals surface area contributed by atoms with Crippen LogP contribution in [0.4, 0.5) is 0 Å². The monoisotopic (exact) mass is 358 g/mol. The normalized spacial score (nSPS) is 15.6. The lowest BCUT2D eigenvalue weighted by atomic mass is 9.84. The molecule has 0 radical (unpaired) electrons. The number of carbonyl (C=O) groups is 3. The number of carboxylic acids is 1. The third-order valence-corrected chi connectivity index (χ3v) is 4.38. The lowest BCUT2D eigenvalue weighted by Gasteiger charge is -2.31. The Morgan fingerprint density at radius 1 is 1.26 bits per heavy atom. The third kappa shape index (κ3) is 3.83. The quantitative estimate of drug-likeness (QED) is 0.624. The van der Waals surface area contributed by atoms with Gasteiger partial charge in [-0.2, -0.15) is 0 Å². The molecular weight excluding hydrogens is 343 g/mol. The number of nitrogens with one attached hydrogen (secondary N) is 1. The number of imide groups is 1.